The summed E-state index contributed by atoms with van der Waals surface area (Å²) in [5.41, 5.74) is 1.01. The van der Waals surface area contributed by atoms with Gasteiger partial charge in [0.2, 0.25) is 0 Å². The Bertz CT molecular complexity index is 1030. The molecule has 0 aliphatic carbocycles. The molecule has 0 aromatic heterocycles. The van der Waals surface area contributed by atoms with Gasteiger partial charge in [0.25, 0.3) is 17.4 Å². The average molecular weight is 401 g/mol. The van der Waals surface area contributed by atoms with Crippen LogP contribution in [0, 0.1) is 10.1 Å². The molecular formula is C19H13ClN2O6. The zero-order valence-corrected chi connectivity index (χ0v) is 15.3. The van der Waals surface area contributed by atoms with Gasteiger partial charge >= 0.3 is 5.97 Å². The number of ether oxygens (including phenoxy) is 1. The van der Waals surface area contributed by atoms with E-state index in [2.05, 4.69) is 0 Å². The lowest BCUT2D eigenvalue weighted by molar-refractivity contribution is -0.384. The summed E-state index contributed by atoms with van der Waals surface area (Å²) in [5, 5.41) is 11.1. The molecule has 2 aromatic carbocycles. The van der Waals surface area contributed by atoms with Crippen LogP contribution in [0.3, 0.4) is 0 Å². The number of methoxy groups -OCH3 is 1. The summed E-state index contributed by atoms with van der Waals surface area (Å²) in [4.78, 5) is 48.1. The first kappa shape index (κ1) is 19.2. The Morgan fingerprint density at radius 3 is 2.50 bits per heavy atom. The minimum atomic E-state index is -0.782. The van der Waals surface area contributed by atoms with Crippen LogP contribution in [0.25, 0.3) is 6.08 Å². The van der Waals surface area contributed by atoms with Crippen molar-refractivity contribution in [1.82, 2.24) is 0 Å². The Hall–Kier alpha value is -3.52. The molecule has 8 nitrogen and oxygen atoms in total. The maximum atomic E-state index is 12.4. The number of nitro benzene ring substituents is 1. The topological polar surface area (TPSA) is 107 Å². The lowest BCUT2D eigenvalue weighted by Crippen LogP contribution is -2.33. The number of Topliss-reactive ketones (excluding diaryl/α,β-unsaturated/α-hetero) is 1. The molecule has 0 saturated heterocycles. The smallest absolute Gasteiger partial charge is 0.335 e. The number of benzene rings is 2. The van der Waals surface area contributed by atoms with Gasteiger partial charge in [0.15, 0.2) is 0 Å². The number of anilines is 1. The number of hydrogen-bond donors (Lipinski definition) is 0. The van der Waals surface area contributed by atoms with Gasteiger partial charge in [-0.2, -0.15) is 0 Å². The first-order valence-corrected chi connectivity index (χ1v) is 8.38. The normalized spacial score (nSPS) is 13.5. The third-order valence-corrected chi connectivity index (χ3v) is 4.39. The lowest BCUT2D eigenvalue weighted by Gasteiger charge is -2.17. The first-order chi connectivity index (χ1) is 13.3. The molecule has 0 radical (unpaired) electrons. The summed E-state index contributed by atoms with van der Waals surface area (Å²) in [6, 6.07) is 9.98. The number of carbonyl (C=O) groups is 3. The molecule has 2 aromatic rings. The van der Waals surface area contributed by atoms with Gasteiger partial charge in [-0.05, 0) is 42.0 Å². The van der Waals surface area contributed by atoms with Crippen molar-refractivity contribution >= 4 is 46.7 Å². The Morgan fingerprint density at radius 1 is 1.21 bits per heavy atom. The van der Waals surface area contributed by atoms with Gasteiger partial charge in [0, 0.05) is 17.2 Å². The van der Waals surface area contributed by atoms with Crippen LogP contribution >= 0.6 is 11.6 Å². The predicted octanol–water partition coefficient (Wildman–Crippen LogP) is 3.03. The third kappa shape index (κ3) is 3.63. The Labute approximate surface area is 164 Å². The fourth-order valence-corrected chi connectivity index (χ4v) is 2.97. The van der Waals surface area contributed by atoms with Crippen molar-refractivity contribution in [3.63, 3.8) is 0 Å². The number of halogens is 1. The van der Waals surface area contributed by atoms with E-state index in [0.717, 1.165) is 0 Å². The van der Waals surface area contributed by atoms with E-state index in [9.17, 15) is 24.5 Å². The molecule has 3 rings (SSSR count). The van der Waals surface area contributed by atoms with Crippen molar-refractivity contribution < 1.29 is 24.0 Å². The number of amides is 1. The highest BCUT2D eigenvalue weighted by atomic mass is 35.5. The van der Waals surface area contributed by atoms with Crippen molar-refractivity contribution in [3.8, 4) is 0 Å². The Balaban J connectivity index is 1.96. The highest BCUT2D eigenvalue weighted by Crippen LogP contribution is 2.32. The van der Waals surface area contributed by atoms with Crippen LogP contribution in [0.2, 0.25) is 5.02 Å². The molecule has 0 saturated carbocycles. The van der Waals surface area contributed by atoms with E-state index >= 15 is 0 Å². The predicted molar refractivity (Wildman–Crippen MR) is 101 cm³/mol. The molecule has 0 N–H and O–H groups in total. The summed E-state index contributed by atoms with van der Waals surface area (Å²) in [7, 11) is 1.19. The molecule has 1 amide bonds. The number of rotatable bonds is 5. The number of ketones is 1. The molecular weight excluding hydrogens is 388 g/mol. The van der Waals surface area contributed by atoms with Crippen molar-refractivity contribution in [2.24, 2.45) is 0 Å². The number of non-ortho nitro benzene ring substituents is 1. The van der Waals surface area contributed by atoms with Crippen LogP contribution in [0.1, 0.15) is 15.9 Å². The van der Waals surface area contributed by atoms with E-state index in [1.165, 1.54) is 60.6 Å². The van der Waals surface area contributed by atoms with Gasteiger partial charge in [-0.3, -0.25) is 19.7 Å². The second kappa shape index (κ2) is 7.61. The molecule has 28 heavy (non-hydrogen) atoms. The van der Waals surface area contributed by atoms with E-state index in [1.807, 2.05) is 0 Å². The standard InChI is InChI=1S/C19H13ClN2O6/c1-28-19(25)12(8-11-2-5-14(6-3-11)22(26)27)10-21-16-7-4-13(20)9-15(16)17(23)18(21)24/h2-9H,10H2,1H3/b12-8+. The van der Waals surface area contributed by atoms with Gasteiger partial charge in [-0.1, -0.05) is 11.6 Å². The van der Waals surface area contributed by atoms with Gasteiger partial charge in [0.1, 0.15) is 0 Å². The highest BCUT2D eigenvalue weighted by molar-refractivity contribution is 6.52. The van der Waals surface area contributed by atoms with Crippen LogP contribution in [-0.2, 0) is 14.3 Å². The van der Waals surface area contributed by atoms with Crippen molar-refractivity contribution in [3.05, 3.63) is 74.3 Å². The van der Waals surface area contributed by atoms with Gasteiger partial charge in [0.05, 0.1) is 35.4 Å². The number of fused-ring (bicyclic) bond motifs is 1. The minimum Gasteiger partial charge on any atom is -0.466 e. The van der Waals surface area contributed by atoms with Crippen molar-refractivity contribution in [2.45, 2.75) is 0 Å². The van der Waals surface area contributed by atoms with Crippen molar-refractivity contribution in [1.29, 1.82) is 0 Å². The van der Waals surface area contributed by atoms with Gasteiger partial charge in [-0.15, -0.1) is 0 Å². The molecule has 0 spiro atoms. The lowest BCUT2D eigenvalue weighted by atomic mass is 10.1. The second-order valence-corrected chi connectivity index (χ2v) is 6.33. The zero-order chi connectivity index (χ0) is 20.4. The summed E-state index contributed by atoms with van der Waals surface area (Å²) >= 11 is 5.89. The highest BCUT2D eigenvalue weighted by Gasteiger charge is 2.37. The van der Waals surface area contributed by atoms with Crippen molar-refractivity contribution in [2.75, 3.05) is 18.6 Å². The summed E-state index contributed by atoms with van der Waals surface area (Å²) in [6.07, 6.45) is 1.45. The molecule has 0 fully saturated rings. The summed E-state index contributed by atoms with van der Waals surface area (Å²) in [6.45, 7) is -0.205. The minimum absolute atomic E-state index is 0.0945. The molecule has 0 atom stereocenters. The SMILES string of the molecule is COC(=O)/C(=C/c1ccc([N+](=O)[O-])cc1)CN1C(=O)C(=O)c2cc(Cl)ccc21. The number of nitro groups is 1. The van der Waals surface area contributed by atoms with Crippen LogP contribution in [0.5, 0.6) is 0 Å². The van der Waals surface area contributed by atoms with E-state index in [1.54, 1.807) is 0 Å². The number of carbonyl (C=O) groups excluding carboxylic acids is 3. The van der Waals surface area contributed by atoms with E-state index in [0.29, 0.717) is 16.3 Å². The maximum Gasteiger partial charge on any atom is 0.335 e. The third-order valence-electron chi connectivity index (χ3n) is 4.15. The number of esters is 1. The molecule has 1 aliphatic rings. The largest absolute Gasteiger partial charge is 0.466 e. The summed E-state index contributed by atoms with van der Waals surface area (Å²) in [5.74, 6) is -2.19. The molecule has 1 aliphatic heterocycles. The Morgan fingerprint density at radius 2 is 1.89 bits per heavy atom. The fourth-order valence-electron chi connectivity index (χ4n) is 2.79. The molecule has 1 heterocycles. The monoisotopic (exact) mass is 400 g/mol. The quantitative estimate of drug-likeness (QED) is 0.251. The van der Waals surface area contributed by atoms with Gasteiger partial charge in [-0.25, -0.2) is 4.79 Å². The summed E-state index contributed by atoms with van der Waals surface area (Å²) < 4.78 is 4.77. The zero-order valence-electron chi connectivity index (χ0n) is 14.5. The first-order valence-electron chi connectivity index (χ1n) is 8.01. The average Bonchev–Trinajstić information content (AvgIpc) is 2.91. The number of nitrogens with zero attached hydrogens (tertiary/aromatic N) is 2. The van der Waals surface area contributed by atoms with Crippen LogP contribution < -0.4 is 4.90 Å². The van der Waals surface area contributed by atoms with Crippen LogP contribution in [0.15, 0.2) is 48.0 Å². The van der Waals surface area contributed by atoms with E-state index in [-0.39, 0.29) is 23.4 Å². The van der Waals surface area contributed by atoms with Crippen LogP contribution in [0.4, 0.5) is 11.4 Å². The molecule has 0 unspecified atom stereocenters. The fraction of sp³-hybridized carbons (Fsp3) is 0.105. The maximum absolute atomic E-state index is 12.4. The molecule has 0 bridgehead atoms. The second-order valence-electron chi connectivity index (χ2n) is 5.89. The van der Waals surface area contributed by atoms with Crippen LogP contribution in [-0.4, -0.2) is 36.2 Å². The number of hydrogen-bond acceptors (Lipinski definition) is 6. The van der Waals surface area contributed by atoms with Gasteiger partial charge < -0.3 is 9.64 Å². The molecule has 142 valence electrons. The Kier molecular flexibility index (Phi) is 5.23. The van der Waals surface area contributed by atoms with E-state index in [4.69, 9.17) is 16.3 Å². The van der Waals surface area contributed by atoms with E-state index < -0.39 is 22.6 Å². The molecule has 9 heteroatoms.